The Bertz CT molecular complexity index is 1220. The van der Waals surface area contributed by atoms with Crippen molar-refractivity contribution in [3.63, 3.8) is 0 Å². The third-order valence-electron chi connectivity index (χ3n) is 5.02. The fourth-order valence-electron chi connectivity index (χ4n) is 3.50. The number of benzene rings is 2. The number of aryl methyl sites for hydroxylation is 1. The van der Waals surface area contributed by atoms with Gasteiger partial charge in [-0.15, -0.1) is 10.2 Å². The third-order valence-corrected chi connectivity index (χ3v) is 5.83. The number of ketones is 1. The maximum absolute atomic E-state index is 12.8. The molecule has 3 heterocycles. The summed E-state index contributed by atoms with van der Waals surface area (Å²) in [6.07, 6.45) is 2.21. The summed E-state index contributed by atoms with van der Waals surface area (Å²) < 4.78 is 17.3. The number of hydrogen-bond donors (Lipinski definition) is 1. The van der Waals surface area contributed by atoms with Crippen LogP contribution >= 0.6 is 11.8 Å². The highest BCUT2D eigenvalue weighted by atomic mass is 32.2. The fraction of sp³-hybridized carbons (Fsp3) is 0.227. The third kappa shape index (κ3) is 3.43. The van der Waals surface area contributed by atoms with Crippen LogP contribution in [0.4, 0.5) is 0 Å². The van der Waals surface area contributed by atoms with Crippen molar-refractivity contribution >= 4 is 28.4 Å². The number of thioether (sulfide) groups is 1. The first-order valence-corrected chi connectivity index (χ1v) is 10.7. The Morgan fingerprint density at radius 2 is 2.03 bits per heavy atom. The number of nitrogens with one attached hydrogen (secondary N) is 1. The molecule has 0 aliphatic carbocycles. The van der Waals surface area contributed by atoms with E-state index >= 15 is 0 Å². The number of carbonyl (C=O) groups excluding carboxylic acids is 1. The predicted octanol–water partition coefficient (Wildman–Crippen LogP) is 4.60. The predicted molar refractivity (Wildman–Crippen MR) is 112 cm³/mol. The van der Waals surface area contributed by atoms with Gasteiger partial charge in [-0.3, -0.25) is 4.79 Å². The first-order valence-electron chi connectivity index (χ1n) is 9.69. The molecular weight excluding hydrogens is 402 g/mol. The van der Waals surface area contributed by atoms with Gasteiger partial charge in [0.05, 0.1) is 5.75 Å². The molecule has 5 rings (SSSR count). The van der Waals surface area contributed by atoms with E-state index < -0.39 is 6.10 Å². The Morgan fingerprint density at radius 3 is 2.90 bits per heavy atom. The van der Waals surface area contributed by atoms with Crippen molar-refractivity contribution in [2.45, 2.75) is 24.7 Å². The number of H-pyrrole nitrogens is 1. The van der Waals surface area contributed by atoms with Crippen molar-refractivity contribution in [3.8, 4) is 11.5 Å². The van der Waals surface area contributed by atoms with Gasteiger partial charge < -0.3 is 18.9 Å². The molecule has 0 saturated heterocycles. The zero-order valence-electron chi connectivity index (χ0n) is 16.3. The van der Waals surface area contributed by atoms with Crippen molar-refractivity contribution in [1.29, 1.82) is 0 Å². The molecule has 8 heteroatoms. The molecule has 7 nitrogen and oxygen atoms in total. The minimum Gasteiger partial charge on any atom is -0.485 e. The Hall–Kier alpha value is -3.26. The molecule has 30 heavy (non-hydrogen) atoms. The quantitative estimate of drug-likeness (QED) is 0.359. The number of para-hydroxylation sites is 3. The van der Waals surface area contributed by atoms with Crippen LogP contribution in [-0.4, -0.2) is 33.3 Å². The smallest absolute Gasteiger partial charge is 0.277 e. The fourth-order valence-corrected chi connectivity index (χ4v) is 4.15. The zero-order valence-corrected chi connectivity index (χ0v) is 17.1. The molecule has 0 spiro atoms. The Kier molecular flexibility index (Phi) is 4.92. The lowest BCUT2D eigenvalue weighted by Gasteiger charge is -2.23. The van der Waals surface area contributed by atoms with Crippen molar-refractivity contribution in [1.82, 2.24) is 15.2 Å². The largest absolute Gasteiger partial charge is 0.485 e. The molecular formula is C22H19N3O4S. The van der Waals surface area contributed by atoms with Gasteiger partial charge in [-0.05, 0) is 24.1 Å². The molecule has 0 radical (unpaired) electrons. The Morgan fingerprint density at radius 1 is 1.17 bits per heavy atom. The lowest BCUT2D eigenvalue weighted by atomic mass is 10.1. The van der Waals surface area contributed by atoms with Crippen molar-refractivity contribution in [2.75, 3.05) is 12.4 Å². The molecule has 4 aromatic rings. The molecule has 2 aromatic carbocycles. The first kappa shape index (κ1) is 18.7. The van der Waals surface area contributed by atoms with Crippen LogP contribution in [0.1, 0.15) is 34.8 Å². The van der Waals surface area contributed by atoms with Crippen LogP contribution in [0.15, 0.2) is 58.3 Å². The molecule has 2 aromatic heterocycles. The molecule has 0 fully saturated rings. The van der Waals surface area contributed by atoms with E-state index in [0.717, 1.165) is 17.3 Å². The van der Waals surface area contributed by atoms with E-state index in [4.69, 9.17) is 13.9 Å². The number of fused-ring (bicyclic) bond motifs is 2. The van der Waals surface area contributed by atoms with Crippen LogP contribution in [0, 0.1) is 0 Å². The van der Waals surface area contributed by atoms with Gasteiger partial charge in [-0.1, -0.05) is 49.0 Å². The van der Waals surface area contributed by atoms with Crippen molar-refractivity contribution in [2.24, 2.45) is 0 Å². The molecule has 1 aliphatic heterocycles. The molecule has 1 aliphatic rings. The maximum Gasteiger partial charge on any atom is 0.277 e. The molecule has 152 valence electrons. The molecule has 0 saturated carbocycles. The standard InChI is InChI=1S/C22H19N3O4S/c1-2-13-6-5-7-14-15(10-23-20(13)14)16(26)12-30-22-25-24-21(29-22)19-11-27-17-8-3-4-9-18(17)28-19/h3-10,19,23H,2,11-12H2,1H3. The highest BCUT2D eigenvalue weighted by molar-refractivity contribution is 7.99. The summed E-state index contributed by atoms with van der Waals surface area (Å²) in [6, 6.07) is 13.5. The molecule has 0 amide bonds. The van der Waals surface area contributed by atoms with Gasteiger partial charge in [-0.25, -0.2) is 0 Å². The number of rotatable bonds is 6. The van der Waals surface area contributed by atoms with Gasteiger partial charge in [0.25, 0.3) is 11.1 Å². The minimum atomic E-state index is -0.474. The number of aromatic nitrogens is 3. The van der Waals surface area contributed by atoms with Gasteiger partial charge in [0, 0.05) is 22.7 Å². The summed E-state index contributed by atoms with van der Waals surface area (Å²) >= 11 is 1.22. The lowest BCUT2D eigenvalue weighted by molar-refractivity contribution is 0.0686. The van der Waals surface area contributed by atoms with Crippen LogP contribution in [0.25, 0.3) is 10.9 Å². The molecule has 0 bridgehead atoms. The summed E-state index contributed by atoms with van der Waals surface area (Å²) in [5, 5.41) is 9.38. The zero-order chi connectivity index (χ0) is 20.5. The van der Waals surface area contributed by atoms with Crippen molar-refractivity contribution in [3.05, 3.63) is 65.7 Å². The number of nitrogens with zero attached hydrogens (tertiary/aromatic N) is 2. The highest BCUT2D eigenvalue weighted by Gasteiger charge is 2.27. The number of ether oxygens (including phenoxy) is 2. The van der Waals surface area contributed by atoms with Crippen LogP contribution < -0.4 is 9.47 Å². The lowest BCUT2D eigenvalue weighted by Crippen LogP contribution is -2.21. The molecule has 1 atom stereocenters. The van der Waals surface area contributed by atoms with E-state index in [-0.39, 0.29) is 18.1 Å². The summed E-state index contributed by atoms with van der Waals surface area (Å²) in [4.78, 5) is 16.0. The van der Waals surface area contributed by atoms with Gasteiger partial charge in [0.2, 0.25) is 6.10 Å². The topological polar surface area (TPSA) is 90.2 Å². The average Bonchev–Trinajstić information content (AvgIpc) is 3.44. The first-order chi connectivity index (χ1) is 14.7. The normalized spacial score (nSPS) is 15.4. The Labute approximate surface area is 176 Å². The van der Waals surface area contributed by atoms with Gasteiger partial charge in [0.15, 0.2) is 17.3 Å². The number of Topliss-reactive ketones (excluding diaryl/α,β-unsaturated/α-hetero) is 1. The average molecular weight is 421 g/mol. The van der Waals surface area contributed by atoms with E-state index in [1.807, 2.05) is 36.4 Å². The highest BCUT2D eigenvalue weighted by Crippen LogP contribution is 2.36. The molecule has 1 unspecified atom stereocenters. The van der Waals surface area contributed by atoms with E-state index in [1.165, 1.54) is 17.3 Å². The van der Waals surface area contributed by atoms with Crippen LogP contribution in [0.2, 0.25) is 0 Å². The minimum absolute atomic E-state index is 0.00503. The number of hydrogen-bond acceptors (Lipinski definition) is 7. The van der Waals surface area contributed by atoms with Gasteiger partial charge in [0.1, 0.15) is 6.61 Å². The van der Waals surface area contributed by atoms with Crippen LogP contribution in [-0.2, 0) is 6.42 Å². The second-order valence-electron chi connectivity index (χ2n) is 6.88. The second-order valence-corrected chi connectivity index (χ2v) is 7.80. The number of aromatic amines is 1. The van der Waals surface area contributed by atoms with Crippen LogP contribution in [0.3, 0.4) is 0 Å². The van der Waals surface area contributed by atoms with E-state index in [1.54, 1.807) is 6.20 Å². The SMILES string of the molecule is CCc1cccc2c(C(=O)CSc3nnc(C4COc5ccccc5O4)o3)c[nH]c12. The summed E-state index contributed by atoms with van der Waals surface area (Å²) in [7, 11) is 0. The summed E-state index contributed by atoms with van der Waals surface area (Å²) in [5.41, 5.74) is 2.88. The van der Waals surface area contributed by atoms with E-state index in [9.17, 15) is 4.79 Å². The summed E-state index contributed by atoms with van der Waals surface area (Å²) in [5.74, 6) is 1.88. The maximum atomic E-state index is 12.8. The van der Waals surface area contributed by atoms with E-state index in [0.29, 0.717) is 28.2 Å². The van der Waals surface area contributed by atoms with Gasteiger partial charge >= 0.3 is 0 Å². The monoisotopic (exact) mass is 421 g/mol. The number of carbonyl (C=O) groups is 1. The van der Waals surface area contributed by atoms with Crippen LogP contribution in [0.5, 0.6) is 11.5 Å². The second kappa shape index (κ2) is 7.87. The Balaban J connectivity index is 1.26. The van der Waals surface area contributed by atoms with Crippen molar-refractivity contribution < 1.29 is 18.7 Å². The molecule has 1 N–H and O–H groups in total. The summed E-state index contributed by atoms with van der Waals surface area (Å²) in [6.45, 7) is 2.39. The van der Waals surface area contributed by atoms with E-state index in [2.05, 4.69) is 28.2 Å². The van der Waals surface area contributed by atoms with Gasteiger partial charge in [-0.2, -0.15) is 0 Å².